The molecule has 1 heteroatoms. The molecule has 0 saturated heterocycles. The van der Waals surface area contributed by atoms with Crippen LogP contribution in [0.4, 0.5) is 0 Å². The summed E-state index contributed by atoms with van der Waals surface area (Å²) in [6.45, 7) is 21.1. The van der Waals surface area contributed by atoms with Gasteiger partial charge in [-0.1, -0.05) is 73.3 Å². The highest BCUT2D eigenvalue weighted by atomic mass is 32.2. The standard InChI is InChI=1S/C23H30S/c1-9-21-10-12-22(13-11-21)20(8)24-15-19(7)18(6)14-23(16(2)3)17(4)5/h10-15H,2,8-9H2,1,3-7H3/b18-14+,19-15+. The highest BCUT2D eigenvalue weighted by Crippen LogP contribution is 2.29. The van der Waals surface area contributed by atoms with Crippen LogP contribution in [0.3, 0.4) is 0 Å². The van der Waals surface area contributed by atoms with E-state index in [1.807, 2.05) is 0 Å². The van der Waals surface area contributed by atoms with Gasteiger partial charge in [-0.25, -0.2) is 0 Å². The SMILES string of the molecule is C=C(C)C(/C=C(C)/C(C)=C/SC(=C)c1ccc(CC)cc1)=C(C)C. The molecule has 0 aliphatic heterocycles. The van der Waals surface area contributed by atoms with Crippen molar-refractivity contribution in [2.75, 3.05) is 0 Å². The number of benzene rings is 1. The molecular weight excluding hydrogens is 308 g/mol. The molecule has 0 aliphatic carbocycles. The Kier molecular flexibility index (Phi) is 8.07. The van der Waals surface area contributed by atoms with Gasteiger partial charge in [0, 0.05) is 4.91 Å². The lowest BCUT2D eigenvalue weighted by Gasteiger charge is -2.09. The molecule has 0 heterocycles. The van der Waals surface area contributed by atoms with Crippen LogP contribution < -0.4 is 0 Å². The molecule has 0 saturated carbocycles. The van der Waals surface area contributed by atoms with E-state index in [0.29, 0.717) is 0 Å². The summed E-state index contributed by atoms with van der Waals surface area (Å²) in [5, 5.41) is 2.18. The molecule has 1 aromatic rings. The Labute approximate surface area is 152 Å². The first-order valence-corrected chi connectivity index (χ1v) is 9.27. The summed E-state index contributed by atoms with van der Waals surface area (Å²) >= 11 is 1.69. The van der Waals surface area contributed by atoms with Crippen molar-refractivity contribution in [3.05, 3.63) is 87.9 Å². The van der Waals surface area contributed by atoms with Gasteiger partial charge in [0.15, 0.2) is 0 Å². The van der Waals surface area contributed by atoms with Crippen LogP contribution in [-0.2, 0) is 6.42 Å². The molecule has 1 rings (SSSR count). The van der Waals surface area contributed by atoms with Crippen molar-refractivity contribution in [3.8, 4) is 0 Å². The first-order valence-electron chi connectivity index (χ1n) is 8.39. The van der Waals surface area contributed by atoms with E-state index in [1.54, 1.807) is 11.8 Å². The number of hydrogen-bond donors (Lipinski definition) is 0. The van der Waals surface area contributed by atoms with Gasteiger partial charge < -0.3 is 0 Å². The first kappa shape index (κ1) is 20.3. The fraction of sp³-hybridized carbons (Fsp3) is 0.304. The Morgan fingerprint density at radius 1 is 0.958 bits per heavy atom. The van der Waals surface area contributed by atoms with Crippen molar-refractivity contribution in [2.24, 2.45) is 0 Å². The van der Waals surface area contributed by atoms with Gasteiger partial charge in [0.2, 0.25) is 0 Å². The number of rotatable bonds is 7. The van der Waals surface area contributed by atoms with Crippen LogP contribution in [0, 0.1) is 0 Å². The van der Waals surface area contributed by atoms with E-state index < -0.39 is 0 Å². The minimum Gasteiger partial charge on any atom is -0.0978 e. The zero-order valence-electron chi connectivity index (χ0n) is 16.0. The van der Waals surface area contributed by atoms with Crippen molar-refractivity contribution >= 4 is 16.7 Å². The van der Waals surface area contributed by atoms with Crippen molar-refractivity contribution in [1.82, 2.24) is 0 Å². The molecule has 1 aromatic carbocycles. The molecule has 0 nitrogen and oxygen atoms in total. The Morgan fingerprint density at radius 2 is 1.54 bits per heavy atom. The van der Waals surface area contributed by atoms with Gasteiger partial charge in [-0.15, -0.1) is 0 Å². The average Bonchev–Trinajstić information content (AvgIpc) is 2.56. The largest absolute Gasteiger partial charge is 0.0978 e. The first-order chi connectivity index (χ1) is 11.3. The molecule has 0 unspecified atom stereocenters. The third kappa shape index (κ3) is 6.05. The predicted molar refractivity (Wildman–Crippen MR) is 113 cm³/mol. The molecule has 0 aromatic heterocycles. The van der Waals surface area contributed by atoms with Crippen molar-refractivity contribution in [1.29, 1.82) is 0 Å². The molecule has 0 bridgehead atoms. The molecule has 0 N–H and O–H groups in total. The van der Waals surface area contributed by atoms with E-state index >= 15 is 0 Å². The van der Waals surface area contributed by atoms with Crippen molar-refractivity contribution in [3.63, 3.8) is 0 Å². The lowest BCUT2D eigenvalue weighted by Crippen LogP contribution is -1.87. The summed E-state index contributed by atoms with van der Waals surface area (Å²) in [7, 11) is 0. The van der Waals surface area contributed by atoms with Gasteiger partial charge in [0.05, 0.1) is 0 Å². The van der Waals surface area contributed by atoms with E-state index in [4.69, 9.17) is 0 Å². The highest BCUT2D eigenvalue weighted by Gasteiger charge is 2.02. The van der Waals surface area contributed by atoms with Crippen LogP contribution in [-0.4, -0.2) is 0 Å². The van der Waals surface area contributed by atoms with Crippen LogP contribution in [0.2, 0.25) is 0 Å². The van der Waals surface area contributed by atoms with E-state index in [2.05, 4.69) is 90.4 Å². The second-order valence-corrected chi connectivity index (χ2v) is 7.38. The summed E-state index contributed by atoms with van der Waals surface area (Å²) in [6, 6.07) is 8.66. The number of thioether (sulfide) groups is 1. The van der Waals surface area contributed by atoms with Crippen molar-refractivity contribution in [2.45, 2.75) is 48.0 Å². The van der Waals surface area contributed by atoms with Crippen LogP contribution in [0.1, 0.15) is 52.7 Å². The lowest BCUT2D eigenvalue weighted by atomic mass is 9.99. The lowest BCUT2D eigenvalue weighted by molar-refractivity contribution is 1.14. The maximum Gasteiger partial charge on any atom is 0.0116 e. The average molecular weight is 339 g/mol. The molecule has 0 amide bonds. The van der Waals surface area contributed by atoms with E-state index in [0.717, 1.165) is 16.9 Å². The maximum atomic E-state index is 4.20. The Balaban J connectivity index is 2.86. The van der Waals surface area contributed by atoms with Gasteiger partial charge in [0.25, 0.3) is 0 Å². The van der Waals surface area contributed by atoms with Gasteiger partial charge >= 0.3 is 0 Å². The van der Waals surface area contributed by atoms with Gasteiger partial charge in [0.1, 0.15) is 0 Å². The molecule has 0 atom stereocenters. The maximum absolute atomic E-state index is 4.20. The molecule has 0 aliphatic rings. The minimum atomic E-state index is 1.07. The van der Waals surface area contributed by atoms with Gasteiger partial charge in [-0.3, -0.25) is 0 Å². The third-order valence-corrected chi connectivity index (χ3v) is 5.04. The summed E-state index contributed by atoms with van der Waals surface area (Å²) in [5.74, 6) is 0. The van der Waals surface area contributed by atoms with Gasteiger partial charge in [-0.2, -0.15) is 0 Å². The molecule has 0 radical (unpaired) electrons. The van der Waals surface area contributed by atoms with Gasteiger partial charge in [-0.05, 0) is 74.3 Å². The smallest absolute Gasteiger partial charge is 0.0116 e. The molecule has 24 heavy (non-hydrogen) atoms. The predicted octanol–water partition coefficient (Wildman–Crippen LogP) is 7.72. The second kappa shape index (κ2) is 9.54. The fourth-order valence-electron chi connectivity index (χ4n) is 2.27. The summed E-state index contributed by atoms with van der Waals surface area (Å²) in [5.41, 5.74) is 8.70. The number of allylic oxidation sites excluding steroid dienone is 6. The highest BCUT2D eigenvalue weighted by molar-refractivity contribution is 8.10. The molecule has 0 spiro atoms. The Morgan fingerprint density at radius 3 is 2.00 bits per heavy atom. The Hall–Kier alpha value is -1.73. The number of aryl methyl sites for hydroxylation is 1. The third-order valence-electron chi connectivity index (χ3n) is 4.04. The van der Waals surface area contributed by atoms with Crippen LogP contribution in [0.5, 0.6) is 0 Å². The number of hydrogen-bond acceptors (Lipinski definition) is 1. The summed E-state index contributed by atoms with van der Waals surface area (Å²) in [4.78, 5) is 1.08. The Bertz CT molecular complexity index is 690. The van der Waals surface area contributed by atoms with E-state index in [9.17, 15) is 0 Å². The van der Waals surface area contributed by atoms with Crippen molar-refractivity contribution < 1.29 is 0 Å². The summed E-state index contributed by atoms with van der Waals surface area (Å²) in [6.07, 6.45) is 3.29. The topological polar surface area (TPSA) is 0 Å². The fourth-order valence-corrected chi connectivity index (χ4v) is 3.05. The molecular formula is C23H30S. The zero-order chi connectivity index (χ0) is 18.3. The van der Waals surface area contributed by atoms with Crippen LogP contribution in [0.15, 0.2) is 76.8 Å². The second-order valence-electron chi connectivity index (χ2n) is 6.41. The monoisotopic (exact) mass is 338 g/mol. The quantitative estimate of drug-likeness (QED) is 0.459. The van der Waals surface area contributed by atoms with E-state index in [1.165, 1.54) is 33.4 Å². The molecule has 128 valence electrons. The minimum absolute atomic E-state index is 1.07. The van der Waals surface area contributed by atoms with Crippen LogP contribution in [0.25, 0.3) is 4.91 Å². The summed E-state index contributed by atoms with van der Waals surface area (Å²) < 4.78 is 0. The van der Waals surface area contributed by atoms with Crippen LogP contribution >= 0.6 is 11.8 Å². The molecule has 0 fully saturated rings. The zero-order valence-corrected chi connectivity index (χ0v) is 16.8. The normalized spacial score (nSPS) is 12.1. The van der Waals surface area contributed by atoms with E-state index in [-0.39, 0.29) is 0 Å².